The molecular formula is C26H33N5O4. The Labute approximate surface area is 206 Å². The van der Waals surface area contributed by atoms with Crippen LogP contribution < -0.4 is 30.4 Å². The van der Waals surface area contributed by atoms with Gasteiger partial charge in [-0.15, -0.1) is 0 Å². The van der Waals surface area contributed by atoms with Crippen LogP contribution in [0.2, 0.25) is 0 Å². The van der Waals surface area contributed by atoms with Crippen LogP contribution in [0.15, 0.2) is 42.6 Å². The minimum atomic E-state index is 0.0754. The third-order valence-corrected chi connectivity index (χ3v) is 4.99. The molecule has 0 atom stereocenters. The average molecular weight is 480 g/mol. The number of benzene rings is 2. The molecular weight excluding hydrogens is 446 g/mol. The maximum absolute atomic E-state index is 8.46. The lowest BCUT2D eigenvalue weighted by molar-refractivity contribution is 0.359. The van der Waals surface area contributed by atoms with Gasteiger partial charge in [-0.05, 0) is 48.2 Å². The molecule has 0 aliphatic carbocycles. The fraction of sp³-hybridized carbons (Fsp3) is 0.346. The molecule has 0 saturated heterocycles. The van der Waals surface area contributed by atoms with Gasteiger partial charge in [0.25, 0.3) is 0 Å². The average Bonchev–Trinajstić information content (AvgIpc) is 2.84. The lowest BCUT2D eigenvalue weighted by atomic mass is 10.0. The van der Waals surface area contributed by atoms with Gasteiger partial charge in [0.15, 0.2) is 18.2 Å². The first-order chi connectivity index (χ1) is 16.7. The Balaban J connectivity index is 0.000000258. The Kier molecular flexibility index (Phi) is 9.97. The highest BCUT2D eigenvalue weighted by Gasteiger charge is 2.13. The standard InChI is InChI=1S/C14H18N4O2.C12H15NO2/c1-8(2)10-6-9(19-3)4-5-11(10)20-12-7-17-14(16)18-13(12)15;1-9(2)11-8-10(14-3)4-5-12(11)15-7-6-13/h4-8H,1-3H3,(H4,15,16,17,18);4-5,8-9H,7H2,1-3H3. The van der Waals surface area contributed by atoms with E-state index in [1.54, 1.807) is 14.2 Å². The second kappa shape index (κ2) is 12.9. The molecule has 4 N–H and O–H groups in total. The van der Waals surface area contributed by atoms with Gasteiger partial charge in [0.1, 0.15) is 29.1 Å². The van der Waals surface area contributed by atoms with Crippen LogP contribution in [0.3, 0.4) is 0 Å². The zero-order valence-electron chi connectivity index (χ0n) is 21.0. The quantitative estimate of drug-likeness (QED) is 0.441. The molecule has 0 amide bonds. The molecule has 3 aromatic rings. The zero-order valence-corrected chi connectivity index (χ0v) is 21.0. The molecule has 1 aromatic heterocycles. The molecule has 0 bridgehead atoms. The molecule has 9 heteroatoms. The Morgan fingerprint density at radius 1 is 0.857 bits per heavy atom. The van der Waals surface area contributed by atoms with Crippen molar-refractivity contribution in [3.8, 4) is 34.8 Å². The summed E-state index contributed by atoms with van der Waals surface area (Å²) >= 11 is 0. The normalized spacial score (nSPS) is 10.3. The van der Waals surface area contributed by atoms with Crippen LogP contribution in [0.5, 0.6) is 28.7 Å². The number of anilines is 2. The summed E-state index contributed by atoms with van der Waals surface area (Å²) in [6.45, 7) is 8.38. The van der Waals surface area contributed by atoms with E-state index in [-0.39, 0.29) is 24.3 Å². The van der Waals surface area contributed by atoms with E-state index in [9.17, 15) is 0 Å². The van der Waals surface area contributed by atoms with Crippen molar-refractivity contribution < 1.29 is 18.9 Å². The van der Waals surface area contributed by atoms with Crippen molar-refractivity contribution in [1.29, 1.82) is 5.26 Å². The molecule has 0 saturated carbocycles. The van der Waals surface area contributed by atoms with Gasteiger partial charge in [-0.25, -0.2) is 4.98 Å². The van der Waals surface area contributed by atoms with Gasteiger partial charge in [-0.2, -0.15) is 10.2 Å². The highest BCUT2D eigenvalue weighted by Crippen LogP contribution is 2.35. The third-order valence-electron chi connectivity index (χ3n) is 4.99. The molecule has 0 unspecified atom stereocenters. The maximum atomic E-state index is 8.46. The fourth-order valence-electron chi connectivity index (χ4n) is 3.14. The van der Waals surface area contributed by atoms with Crippen molar-refractivity contribution in [2.45, 2.75) is 39.5 Å². The Morgan fingerprint density at radius 2 is 1.40 bits per heavy atom. The Morgan fingerprint density at radius 3 is 1.89 bits per heavy atom. The fourth-order valence-corrected chi connectivity index (χ4v) is 3.14. The number of methoxy groups -OCH3 is 2. The van der Waals surface area contributed by atoms with Crippen LogP contribution in [0.25, 0.3) is 0 Å². The summed E-state index contributed by atoms with van der Waals surface area (Å²) < 4.78 is 21.5. The highest BCUT2D eigenvalue weighted by atomic mass is 16.5. The summed E-state index contributed by atoms with van der Waals surface area (Å²) in [6.07, 6.45) is 1.46. The predicted molar refractivity (Wildman–Crippen MR) is 136 cm³/mol. The van der Waals surface area contributed by atoms with Crippen LogP contribution in [0.4, 0.5) is 11.8 Å². The molecule has 9 nitrogen and oxygen atoms in total. The van der Waals surface area contributed by atoms with E-state index in [1.807, 2.05) is 42.5 Å². The van der Waals surface area contributed by atoms with Crippen LogP contribution in [0, 0.1) is 11.3 Å². The maximum Gasteiger partial charge on any atom is 0.222 e. The first-order valence-electron chi connectivity index (χ1n) is 11.1. The van der Waals surface area contributed by atoms with Gasteiger partial charge in [-0.1, -0.05) is 27.7 Å². The Hall–Kier alpha value is -4.19. The predicted octanol–water partition coefficient (Wildman–Crippen LogP) is 5.29. The Bertz CT molecular complexity index is 1160. The first-order valence-corrected chi connectivity index (χ1v) is 11.1. The first kappa shape index (κ1) is 27.1. The molecule has 0 fully saturated rings. The van der Waals surface area contributed by atoms with Crippen molar-refractivity contribution in [3.63, 3.8) is 0 Å². The highest BCUT2D eigenvalue weighted by molar-refractivity contribution is 5.51. The van der Waals surface area contributed by atoms with Crippen molar-refractivity contribution >= 4 is 11.8 Å². The van der Waals surface area contributed by atoms with E-state index in [0.717, 1.165) is 28.4 Å². The molecule has 35 heavy (non-hydrogen) atoms. The summed E-state index contributed by atoms with van der Waals surface area (Å²) in [5, 5.41) is 8.46. The molecule has 0 aliphatic rings. The minimum absolute atomic E-state index is 0.0754. The van der Waals surface area contributed by atoms with Gasteiger partial charge in [0, 0.05) is 11.1 Å². The van der Waals surface area contributed by atoms with E-state index >= 15 is 0 Å². The number of ether oxygens (including phenoxy) is 4. The van der Waals surface area contributed by atoms with Crippen molar-refractivity contribution in [1.82, 2.24) is 9.97 Å². The van der Waals surface area contributed by atoms with E-state index in [0.29, 0.717) is 17.4 Å². The van der Waals surface area contributed by atoms with E-state index in [4.69, 9.17) is 35.7 Å². The van der Waals surface area contributed by atoms with Gasteiger partial charge >= 0.3 is 0 Å². The van der Waals surface area contributed by atoms with Gasteiger partial charge in [-0.3, -0.25) is 0 Å². The van der Waals surface area contributed by atoms with Crippen LogP contribution in [-0.4, -0.2) is 30.8 Å². The van der Waals surface area contributed by atoms with E-state index in [1.165, 1.54) is 6.20 Å². The number of aromatic nitrogens is 2. The summed E-state index contributed by atoms with van der Waals surface area (Å²) in [5.74, 6) is 4.37. The minimum Gasteiger partial charge on any atom is -0.497 e. The van der Waals surface area contributed by atoms with Gasteiger partial charge < -0.3 is 30.4 Å². The molecule has 0 spiro atoms. The number of nitrogens with zero attached hydrogens (tertiary/aromatic N) is 3. The molecule has 186 valence electrons. The number of hydrogen-bond acceptors (Lipinski definition) is 9. The summed E-state index contributed by atoms with van der Waals surface area (Å²) in [6, 6.07) is 13.2. The summed E-state index contributed by atoms with van der Waals surface area (Å²) in [5.41, 5.74) is 13.3. The van der Waals surface area contributed by atoms with Crippen LogP contribution >= 0.6 is 0 Å². The summed E-state index contributed by atoms with van der Waals surface area (Å²) in [7, 11) is 3.26. The summed E-state index contributed by atoms with van der Waals surface area (Å²) in [4.78, 5) is 7.75. The molecule has 0 aliphatic heterocycles. The van der Waals surface area contributed by atoms with Crippen LogP contribution in [0.1, 0.15) is 50.7 Å². The van der Waals surface area contributed by atoms with E-state index < -0.39 is 0 Å². The molecule has 2 aromatic carbocycles. The van der Waals surface area contributed by atoms with Crippen LogP contribution in [-0.2, 0) is 0 Å². The number of nitrogens with two attached hydrogens (primary N) is 2. The second-order valence-electron chi connectivity index (χ2n) is 8.14. The number of hydrogen-bond donors (Lipinski definition) is 2. The monoisotopic (exact) mass is 479 g/mol. The van der Waals surface area contributed by atoms with Crippen molar-refractivity contribution in [2.24, 2.45) is 0 Å². The number of rotatable bonds is 8. The SMILES string of the molecule is COc1ccc(OCC#N)c(C(C)C)c1.COc1ccc(Oc2cnc(N)nc2N)c(C(C)C)c1. The molecule has 0 radical (unpaired) electrons. The lowest BCUT2D eigenvalue weighted by Crippen LogP contribution is -2.02. The van der Waals surface area contributed by atoms with Gasteiger partial charge in [0.2, 0.25) is 5.95 Å². The smallest absolute Gasteiger partial charge is 0.222 e. The largest absolute Gasteiger partial charge is 0.497 e. The number of nitriles is 1. The van der Waals surface area contributed by atoms with E-state index in [2.05, 4.69) is 37.7 Å². The van der Waals surface area contributed by atoms with Gasteiger partial charge in [0.05, 0.1) is 20.4 Å². The second-order valence-corrected chi connectivity index (χ2v) is 8.14. The lowest BCUT2D eigenvalue weighted by Gasteiger charge is -2.15. The number of nitrogen functional groups attached to an aromatic ring is 2. The van der Waals surface area contributed by atoms with Crippen molar-refractivity contribution in [3.05, 3.63) is 53.7 Å². The van der Waals surface area contributed by atoms with Crippen molar-refractivity contribution in [2.75, 3.05) is 32.3 Å². The topological polar surface area (TPSA) is 139 Å². The molecule has 1 heterocycles. The zero-order chi connectivity index (χ0) is 26.0. The molecule has 3 rings (SSSR count). The third kappa shape index (κ3) is 7.67.